The molecule has 0 aliphatic heterocycles. The second kappa shape index (κ2) is 9.65. The van der Waals surface area contributed by atoms with E-state index in [1.807, 2.05) is 52.2 Å². The Labute approximate surface area is 177 Å². The second-order valence-electron chi connectivity index (χ2n) is 8.28. The van der Waals surface area contributed by atoms with Crippen LogP contribution in [-0.2, 0) is 28.0 Å². The number of anilines is 1. The van der Waals surface area contributed by atoms with Gasteiger partial charge < -0.3 is 14.8 Å². The summed E-state index contributed by atoms with van der Waals surface area (Å²) >= 11 is 0. The molecule has 1 heterocycles. The molecule has 1 aromatic heterocycles. The zero-order valence-electron chi connectivity index (χ0n) is 18.6. The number of hydrogen-bond donors (Lipinski definition) is 2. The molecular formula is C22H32N4O4. The van der Waals surface area contributed by atoms with Gasteiger partial charge in [-0.15, -0.1) is 0 Å². The molecule has 0 aliphatic rings. The first-order valence-corrected chi connectivity index (χ1v) is 10.1. The Hall–Kier alpha value is -3.03. The first-order chi connectivity index (χ1) is 14.0. The Morgan fingerprint density at radius 3 is 2.47 bits per heavy atom. The molecule has 0 spiro atoms. The van der Waals surface area contributed by atoms with Crippen LogP contribution < -0.4 is 10.6 Å². The molecule has 0 bridgehead atoms. The number of aromatic nitrogens is 2. The van der Waals surface area contributed by atoms with E-state index in [0.717, 1.165) is 17.5 Å². The standard InChI is InChI=1S/C22H32N4O4/c1-7-16-13-23-26(14-16)15-22(6,25-20(28)30-21(3,4)5)17-10-9-11-18(12-17)24-19(27)29-8-2/h9-14H,7-8,15H2,1-6H3,(H,24,27)(H,25,28). The summed E-state index contributed by atoms with van der Waals surface area (Å²) in [4.78, 5) is 24.4. The number of ether oxygens (including phenoxy) is 2. The molecule has 0 radical (unpaired) electrons. The molecule has 164 valence electrons. The van der Waals surface area contributed by atoms with Crippen molar-refractivity contribution in [2.45, 2.75) is 65.6 Å². The van der Waals surface area contributed by atoms with E-state index in [0.29, 0.717) is 12.2 Å². The van der Waals surface area contributed by atoms with Crippen molar-refractivity contribution in [1.29, 1.82) is 0 Å². The summed E-state index contributed by atoms with van der Waals surface area (Å²) in [7, 11) is 0. The summed E-state index contributed by atoms with van der Waals surface area (Å²) in [5, 5.41) is 10.1. The molecule has 30 heavy (non-hydrogen) atoms. The highest BCUT2D eigenvalue weighted by Crippen LogP contribution is 2.26. The van der Waals surface area contributed by atoms with Gasteiger partial charge in [0.15, 0.2) is 0 Å². The molecule has 1 atom stereocenters. The topological polar surface area (TPSA) is 94.5 Å². The Kier molecular flexibility index (Phi) is 7.48. The van der Waals surface area contributed by atoms with Crippen molar-refractivity contribution in [3.63, 3.8) is 0 Å². The fourth-order valence-electron chi connectivity index (χ4n) is 2.96. The number of alkyl carbamates (subject to hydrolysis) is 1. The van der Waals surface area contributed by atoms with Crippen molar-refractivity contribution in [1.82, 2.24) is 15.1 Å². The number of amides is 2. The zero-order chi connectivity index (χ0) is 22.4. The van der Waals surface area contributed by atoms with Crippen molar-refractivity contribution in [3.8, 4) is 0 Å². The second-order valence-corrected chi connectivity index (χ2v) is 8.28. The van der Waals surface area contributed by atoms with Crippen LogP contribution in [0.3, 0.4) is 0 Å². The summed E-state index contributed by atoms with van der Waals surface area (Å²) in [6.45, 7) is 11.8. The molecule has 8 nitrogen and oxygen atoms in total. The van der Waals surface area contributed by atoms with Crippen LogP contribution in [0.2, 0.25) is 0 Å². The number of rotatable bonds is 7. The quantitative estimate of drug-likeness (QED) is 0.695. The van der Waals surface area contributed by atoms with Crippen LogP contribution in [0.1, 0.15) is 52.7 Å². The van der Waals surface area contributed by atoms with Gasteiger partial charge in [0.2, 0.25) is 0 Å². The van der Waals surface area contributed by atoms with Gasteiger partial charge in [-0.05, 0) is 64.3 Å². The summed E-state index contributed by atoms with van der Waals surface area (Å²) in [5.41, 5.74) is 0.992. The van der Waals surface area contributed by atoms with Crippen LogP contribution in [0.5, 0.6) is 0 Å². The van der Waals surface area contributed by atoms with Crippen LogP contribution in [0.25, 0.3) is 0 Å². The Balaban J connectivity index is 2.34. The average Bonchev–Trinajstić information content (AvgIpc) is 3.07. The largest absolute Gasteiger partial charge is 0.450 e. The van der Waals surface area contributed by atoms with Gasteiger partial charge in [0, 0.05) is 11.9 Å². The lowest BCUT2D eigenvalue weighted by molar-refractivity contribution is 0.0448. The fourth-order valence-corrected chi connectivity index (χ4v) is 2.96. The van der Waals surface area contributed by atoms with Gasteiger partial charge >= 0.3 is 12.2 Å². The summed E-state index contributed by atoms with van der Waals surface area (Å²) in [6.07, 6.45) is 3.57. The third-order valence-electron chi connectivity index (χ3n) is 4.37. The van der Waals surface area contributed by atoms with E-state index in [2.05, 4.69) is 22.7 Å². The minimum absolute atomic E-state index is 0.280. The number of aryl methyl sites for hydroxylation is 1. The monoisotopic (exact) mass is 416 g/mol. The van der Waals surface area contributed by atoms with E-state index in [1.54, 1.807) is 23.7 Å². The third kappa shape index (κ3) is 6.79. The first-order valence-electron chi connectivity index (χ1n) is 10.1. The lowest BCUT2D eigenvalue weighted by Crippen LogP contribution is -2.48. The van der Waals surface area contributed by atoms with E-state index in [-0.39, 0.29) is 6.61 Å². The molecule has 0 fully saturated rings. The van der Waals surface area contributed by atoms with Gasteiger partial charge in [0.1, 0.15) is 5.60 Å². The van der Waals surface area contributed by atoms with Crippen LogP contribution in [0.15, 0.2) is 36.7 Å². The van der Waals surface area contributed by atoms with Gasteiger partial charge in [0.05, 0.1) is 24.9 Å². The smallest absolute Gasteiger partial charge is 0.411 e. The third-order valence-corrected chi connectivity index (χ3v) is 4.37. The van der Waals surface area contributed by atoms with Gasteiger partial charge in [0.25, 0.3) is 0 Å². The minimum atomic E-state index is -0.842. The van der Waals surface area contributed by atoms with E-state index in [4.69, 9.17) is 9.47 Å². The van der Waals surface area contributed by atoms with Gasteiger partial charge in [-0.1, -0.05) is 19.1 Å². The first kappa shape index (κ1) is 23.3. The van der Waals surface area contributed by atoms with Crippen molar-refractivity contribution >= 4 is 17.9 Å². The minimum Gasteiger partial charge on any atom is -0.450 e. The summed E-state index contributed by atoms with van der Waals surface area (Å²) in [6, 6.07) is 7.26. The molecular weight excluding hydrogens is 384 g/mol. The maximum Gasteiger partial charge on any atom is 0.411 e. The van der Waals surface area contributed by atoms with Crippen molar-refractivity contribution < 1.29 is 19.1 Å². The Bertz CT molecular complexity index is 872. The number of nitrogens with one attached hydrogen (secondary N) is 2. The molecule has 1 unspecified atom stereocenters. The van der Waals surface area contributed by atoms with Gasteiger partial charge in [-0.25, -0.2) is 9.59 Å². The van der Waals surface area contributed by atoms with Gasteiger partial charge in [-0.3, -0.25) is 10.00 Å². The van der Waals surface area contributed by atoms with Crippen LogP contribution in [0, 0.1) is 0 Å². The predicted octanol–water partition coefficient (Wildman–Crippen LogP) is 4.45. The summed E-state index contributed by atoms with van der Waals surface area (Å²) in [5.74, 6) is 0. The van der Waals surface area contributed by atoms with Crippen molar-refractivity contribution in [2.75, 3.05) is 11.9 Å². The maximum atomic E-state index is 12.6. The van der Waals surface area contributed by atoms with Crippen molar-refractivity contribution in [3.05, 3.63) is 47.8 Å². The number of hydrogen-bond acceptors (Lipinski definition) is 5. The normalized spacial score (nSPS) is 13.3. The number of nitrogens with zero attached hydrogens (tertiary/aromatic N) is 2. The molecule has 2 aromatic rings. The number of benzene rings is 1. The fraction of sp³-hybridized carbons (Fsp3) is 0.500. The average molecular weight is 417 g/mol. The highest BCUT2D eigenvalue weighted by atomic mass is 16.6. The molecule has 8 heteroatoms. The SMILES string of the molecule is CCOC(=O)Nc1cccc(C(C)(Cn2cc(CC)cn2)NC(=O)OC(C)(C)C)c1. The molecule has 0 saturated carbocycles. The van der Waals surface area contributed by atoms with E-state index in [9.17, 15) is 9.59 Å². The van der Waals surface area contributed by atoms with Crippen LogP contribution in [0.4, 0.5) is 15.3 Å². The highest BCUT2D eigenvalue weighted by Gasteiger charge is 2.32. The van der Waals surface area contributed by atoms with Gasteiger partial charge in [-0.2, -0.15) is 5.10 Å². The Morgan fingerprint density at radius 2 is 1.87 bits per heavy atom. The highest BCUT2D eigenvalue weighted by molar-refractivity contribution is 5.84. The molecule has 2 amide bonds. The number of carbonyl (C=O) groups is 2. The van der Waals surface area contributed by atoms with Crippen LogP contribution in [-0.4, -0.2) is 34.2 Å². The van der Waals surface area contributed by atoms with Crippen LogP contribution >= 0.6 is 0 Å². The summed E-state index contributed by atoms with van der Waals surface area (Å²) < 4.78 is 12.2. The molecule has 2 rings (SSSR count). The lowest BCUT2D eigenvalue weighted by Gasteiger charge is -2.33. The maximum absolute atomic E-state index is 12.6. The predicted molar refractivity (Wildman–Crippen MR) is 115 cm³/mol. The zero-order valence-corrected chi connectivity index (χ0v) is 18.6. The van der Waals surface area contributed by atoms with E-state index >= 15 is 0 Å². The molecule has 1 aromatic carbocycles. The number of carbonyl (C=O) groups excluding carboxylic acids is 2. The molecule has 2 N–H and O–H groups in total. The molecule has 0 aliphatic carbocycles. The van der Waals surface area contributed by atoms with E-state index < -0.39 is 23.3 Å². The lowest BCUT2D eigenvalue weighted by atomic mass is 9.91. The Morgan fingerprint density at radius 1 is 1.13 bits per heavy atom. The van der Waals surface area contributed by atoms with E-state index in [1.165, 1.54) is 0 Å². The molecule has 0 saturated heterocycles. The van der Waals surface area contributed by atoms with Crippen molar-refractivity contribution in [2.24, 2.45) is 0 Å².